The number of hydrogen-bond acceptors (Lipinski definition) is 2. The molecule has 1 atom stereocenters. The fraction of sp³-hybridized carbons (Fsp3) is 0.250. The second-order valence-corrected chi connectivity index (χ2v) is 5.79. The van der Waals surface area contributed by atoms with E-state index in [1.165, 1.54) is 6.07 Å². The van der Waals surface area contributed by atoms with Gasteiger partial charge in [-0.25, -0.2) is 4.39 Å². The molecule has 0 fully saturated rings. The summed E-state index contributed by atoms with van der Waals surface area (Å²) in [5.41, 5.74) is 1.36. The van der Waals surface area contributed by atoms with Gasteiger partial charge in [0.25, 0.3) is 0 Å². The Labute approximate surface area is 137 Å². The van der Waals surface area contributed by atoms with Crippen molar-refractivity contribution >= 4 is 27.5 Å². The number of methoxy groups -OCH3 is 2. The fourth-order valence-corrected chi connectivity index (χ4v) is 3.15. The standard InChI is InChI=1S/C16H15BrClFO2/c1-20-14-8-7-11(16(21-2)15(14)17)12(18)9-10-5-3-4-6-13(10)19/h3-8,12H,9H2,1-2H3. The minimum absolute atomic E-state index is 0.255. The summed E-state index contributed by atoms with van der Waals surface area (Å²) >= 11 is 9.89. The molecule has 2 aromatic rings. The first kappa shape index (κ1) is 16.1. The molecule has 0 heterocycles. The summed E-state index contributed by atoms with van der Waals surface area (Å²) in [4.78, 5) is 0. The van der Waals surface area contributed by atoms with Crippen molar-refractivity contribution in [1.82, 2.24) is 0 Å². The van der Waals surface area contributed by atoms with Crippen LogP contribution < -0.4 is 9.47 Å². The minimum atomic E-state index is -0.404. The molecular formula is C16H15BrClFO2. The van der Waals surface area contributed by atoms with Gasteiger partial charge in [-0.1, -0.05) is 24.3 Å². The van der Waals surface area contributed by atoms with Crippen LogP contribution >= 0.6 is 27.5 Å². The molecule has 0 saturated heterocycles. The Kier molecular flexibility index (Phi) is 5.48. The highest BCUT2D eigenvalue weighted by Gasteiger charge is 2.20. The molecule has 0 radical (unpaired) electrons. The van der Waals surface area contributed by atoms with Crippen molar-refractivity contribution in [3.8, 4) is 11.5 Å². The van der Waals surface area contributed by atoms with Gasteiger partial charge >= 0.3 is 0 Å². The van der Waals surface area contributed by atoms with Crippen molar-refractivity contribution in [1.29, 1.82) is 0 Å². The normalized spacial score (nSPS) is 12.0. The quantitative estimate of drug-likeness (QED) is 0.677. The monoisotopic (exact) mass is 372 g/mol. The van der Waals surface area contributed by atoms with Gasteiger partial charge in [-0.3, -0.25) is 0 Å². The lowest BCUT2D eigenvalue weighted by atomic mass is 10.0. The van der Waals surface area contributed by atoms with Crippen molar-refractivity contribution in [2.75, 3.05) is 14.2 Å². The van der Waals surface area contributed by atoms with Gasteiger partial charge in [0.15, 0.2) is 0 Å². The predicted molar refractivity (Wildman–Crippen MR) is 85.9 cm³/mol. The molecule has 112 valence electrons. The lowest BCUT2D eigenvalue weighted by molar-refractivity contribution is 0.385. The first-order chi connectivity index (χ1) is 10.1. The van der Waals surface area contributed by atoms with E-state index in [0.717, 1.165) is 5.56 Å². The maximum atomic E-state index is 13.7. The van der Waals surface area contributed by atoms with E-state index in [1.54, 1.807) is 38.5 Å². The van der Waals surface area contributed by atoms with Gasteiger partial charge in [0.2, 0.25) is 0 Å². The zero-order valence-electron chi connectivity index (χ0n) is 11.7. The molecule has 1 unspecified atom stereocenters. The molecule has 2 nitrogen and oxygen atoms in total. The van der Waals surface area contributed by atoms with Crippen molar-refractivity contribution in [2.45, 2.75) is 11.8 Å². The van der Waals surface area contributed by atoms with Gasteiger partial charge < -0.3 is 9.47 Å². The van der Waals surface area contributed by atoms with Gasteiger partial charge in [0, 0.05) is 5.56 Å². The third kappa shape index (κ3) is 3.50. The maximum Gasteiger partial charge on any atom is 0.141 e. The summed E-state index contributed by atoms with van der Waals surface area (Å²) in [6, 6.07) is 10.3. The molecule has 5 heteroatoms. The Balaban J connectivity index is 2.33. The molecule has 0 saturated carbocycles. The summed E-state index contributed by atoms with van der Waals surface area (Å²) in [5, 5.41) is -0.404. The Bertz CT molecular complexity index is 634. The largest absolute Gasteiger partial charge is 0.495 e. The van der Waals surface area contributed by atoms with Crippen LogP contribution in [0.25, 0.3) is 0 Å². The van der Waals surface area contributed by atoms with E-state index in [-0.39, 0.29) is 5.82 Å². The second kappa shape index (κ2) is 7.14. The SMILES string of the molecule is COc1ccc(C(Cl)Cc2ccccc2F)c(OC)c1Br. The van der Waals surface area contributed by atoms with Crippen molar-refractivity contribution in [3.63, 3.8) is 0 Å². The van der Waals surface area contributed by atoms with Crippen LogP contribution in [0.2, 0.25) is 0 Å². The van der Waals surface area contributed by atoms with Crippen LogP contribution in [0.4, 0.5) is 4.39 Å². The van der Waals surface area contributed by atoms with Crippen molar-refractivity contribution in [2.24, 2.45) is 0 Å². The van der Waals surface area contributed by atoms with Crippen LogP contribution in [0, 0.1) is 5.82 Å². The van der Waals surface area contributed by atoms with E-state index in [0.29, 0.717) is 28.0 Å². The summed E-state index contributed by atoms with van der Waals surface area (Å²) in [6.07, 6.45) is 0.378. The average Bonchev–Trinajstić information content (AvgIpc) is 2.49. The Morgan fingerprint density at radius 3 is 2.48 bits per heavy atom. The molecule has 0 bridgehead atoms. The molecule has 2 rings (SSSR count). The molecule has 0 N–H and O–H groups in total. The molecule has 2 aromatic carbocycles. The number of alkyl halides is 1. The predicted octanol–water partition coefficient (Wildman–Crippen LogP) is 5.13. The van der Waals surface area contributed by atoms with Crippen LogP contribution in [0.15, 0.2) is 40.9 Å². The lowest BCUT2D eigenvalue weighted by Gasteiger charge is -2.17. The maximum absolute atomic E-state index is 13.7. The number of ether oxygens (including phenoxy) is 2. The van der Waals surface area contributed by atoms with E-state index in [9.17, 15) is 4.39 Å². The highest BCUT2D eigenvalue weighted by molar-refractivity contribution is 9.10. The molecule has 21 heavy (non-hydrogen) atoms. The lowest BCUT2D eigenvalue weighted by Crippen LogP contribution is -2.02. The smallest absolute Gasteiger partial charge is 0.141 e. The van der Waals surface area contributed by atoms with E-state index in [2.05, 4.69) is 15.9 Å². The molecule has 0 aromatic heterocycles. The van der Waals surface area contributed by atoms with Crippen LogP contribution in [0.1, 0.15) is 16.5 Å². The first-order valence-corrected chi connectivity index (χ1v) is 7.59. The first-order valence-electron chi connectivity index (χ1n) is 6.36. The Morgan fingerprint density at radius 2 is 1.86 bits per heavy atom. The zero-order chi connectivity index (χ0) is 15.4. The Hall–Kier alpha value is -1.26. The fourth-order valence-electron chi connectivity index (χ4n) is 2.13. The van der Waals surface area contributed by atoms with Crippen LogP contribution in [-0.4, -0.2) is 14.2 Å². The van der Waals surface area contributed by atoms with Gasteiger partial charge in [0.1, 0.15) is 21.8 Å². The molecule has 0 aliphatic heterocycles. The van der Waals surface area contributed by atoms with Gasteiger partial charge in [-0.2, -0.15) is 0 Å². The van der Waals surface area contributed by atoms with E-state index >= 15 is 0 Å². The van der Waals surface area contributed by atoms with Crippen LogP contribution in [-0.2, 0) is 6.42 Å². The van der Waals surface area contributed by atoms with Gasteiger partial charge in [-0.05, 0) is 40.0 Å². The second-order valence-electron chi connectivity index (χ2n) is 4.47. The van der Waals surface area contributed by atoms with E-state index in [4.69, 9.17) is 21.1 Å². The molecular weight excluding hydrogens is 359 g/mol. The highest BCUT2D eigenvalue weighted by Crippen LogP contribution is 2.42. The van der Waals surface area contributed by atoms with E-state index in [1.807, 2.05) is 6.07 Å². The minimum Gasteiger partial charge on any atom is -0.495 e. The van der Waals surface area contributed by atoms with E-state index < -0.39 is 5.38 Å². The number of hydrogen-bond donors (Lipinski definition) is 0. The summed E-state index contributed by atoms with van der Waals surface area (Å²) in [6.45, 7) is 0. The van der Waals surface area contributed by atoms with Gasteiger partial charge in [0.05, 0.1) is 19.6 Å². The highest BCUT2D eigenvalue weighted by atomic mass is 79.9. The topological polar surface area (TPSA) is 18.5 Å². The average molecular weight is 374 g/mol. The summed E-state index contributed by atoms with van der Waals surface area (Å²) in [5.74, 6) is 1.01. The van der Waals surface area contributed by atoms with Crippen LogP contribution in [0.5, 0.6) is 11.5 Å². The summed E-state index contributed by atoms with van der Waals surface area (Å²) < 4.78 is 25.1. The van der Waals surface area contributed by atoms with Crippen molar-refractivity contribution < 1.29 is 13.9 Å². The Morgan fingerprint density at radius 1 is 1.14 bits per heavy atom. The molecule has 0 amide bonds. The third-order valence-corrected chi connectivity index (χ3v) is 4.35. The third-order valence-electron chi connectivity index (χ3n) is 3.21. The molecule has 0 aliphatic rings. The summed E-state index contributed by atoms with van der Waals surface area (Å²) in [7, 11) is 3.15. The molecule has 0 spiro atoms. The zero-order valence-corrected chi connectivity index (χ0v) is 14.0. The molecule has 0 aliphatic carbocycles. The number of benzene rings is 2. The number of rotatable bonds is 5. The van der Waals surface area contributed by atoms with Crippen molar-refractivity contribution in [3.05, 3.63) is 57.8 Å². The number of halogens is 3. The van der Waals surface area contributed by atoms with Crippen LogP contribution in [0.3, 0.4) is 0 Å². The van der Waals surface area contributed by atoms with Gasteiger partial charge in [-0.15, -0.1) is 11.6 Å².